The van der Waals surface area contributed by atoms with E-state index in [4.69, 9.17) is 0 Å². The Hall–Kier alpha value is -1.99. The average Bonchev–Trinajstić information content (AvgIpc) is 3.50. The number of carboxylic acids is 1. The highest BCUT2D eigenvalue weighted by Gasteiger charge is 2.69. The number of aromatic carboxylic acids is 1. The molecule has 1 saturated heterocycles. The molecule has 9 atom stereocenters. The van der Waals surface area contributed by atoms with Crippen molar-refractivity contribution in [3.8, 4) is 0 Å². The van der Waals surface area contributed by atoms with Crippen molar-refractivity contribution in [3.63, 3.8) is 0 Å². The summed E-state index contributed by atoms with van der Waals surface area (Å²) in [7, 11) is -1.01. The molecular weight excluding hydrogens is 641 g/mol. The predicted molar refractivity (Wildman–Crippen MR) is 205 cm³/mol. The molecule has 5 fully saturated rings. The lowest BCUT2D eigenvalue weighted by Gasteiger charge is -2.72. The Balaban J connectivity index is 0.00000139. The van der Waals surface area contributed by atoms with Crippen molar-refractivity contribution in [1.82, 2.24) is 9.62 Å². The van der Waals surface area contributed by atoms with Crippen LogP contribution in [0.1, 0.15) is 148 Å². The van der Waals surface area contributed by atoms with Gasteiger partial charge in [0.1, 0.15) is 0 Å². The molecule has 4 saturated carbocycles. The van der Waals surface area contributed by atoms with E-state index in [0.29, 0.717) is 45.8 Å². The molecule has 0 bridgehead atoms. The number of carbonyl (C=O) groups is 2. The van der Waals surface area contributed by atoms with Crippen molar-refractivity contribution in [2.75, 3.05) is 25.4 Å². The van der Waals surface area contributed by atoms with Crippen LogP contribution in [0.15, 0.2) is 30.3 Å². The van der Waals surface area contributed by atoms with Crippen LogP contribution in [0.4, 0.5) is 0 Å². The lowest BCUT2D eigenvalue weighted by Crippen LogP contribution is -2.65. The quantitative estimate of drug-likeness (QED) is 0.309. The monoisotopic (exact) mass is 706 g/mol. The van der Waals surface area contributed by atoms with E-state index < -0.39 is 17.0 Å². The number of carboxylic acid groups (broad SMARTS) is 1. The largest absolute Gasteiger partial charge is 0.478 e. The van der Waals surface area contributed by atoms with E-state index in [1.165, 1.54) is 75.3 Å². The maximum absolute atomic E-state index is 13.1. The molecule has 6 aliphatic rings. The highest BCUT2D eigenvalue weighted by Crippen LogP contribution is 2.77. The Morgan fingerprint density at radius 1 is 0.860 bits per heavy atom. The zero-order chi connectivity index (χ0) is 36.1. The molecule has 0 spiro atoms. The molecule has 0 radical (unpaired) electrons. The normalized spacial score (nSPS) is 40.5. The van der Waals surface area contributed by atoms with Gasteiger partial charge in [-0.15, -0.1) is 0 Å². The highest BCUT2D eigenvalue weighted by molar-refractivity contribution is 7.82. The van der Waals surface area contributed by atoms with Crippen molar-refractivity contribution in [2.24, 2.45) is 50.7 Å². The van der Waals surface area contributed by atoms with Crippen molar-refractivity contribution in [1.29, 1.82) is 0 Å². The summed E-state index contributed by atoms with van der Waals surface area (Å²) < 4.78 is 14.3. The van der Waals surface area contributed by atoms with Gasteiger partial charge in [0.15, 0.2) is 0 Å². The molecule has 1 aromatic rings. The molecule has 8 unspecified atom stereocenters. The number of fused-ring (bicyclic) bond motifs is 7. The summed E-state index contributed by atoms with van der Waals surface area (Å²) in [6.07, 6.45) is 18.3. The second-order valence-corrected chi connectivity index (χ2v) is 20.1. The van der Waals surface area contributed by atoms with Crippen LogP contribution >= 0.6 is 0 Å². The summed E-state index contributed by atoms with van der Waals surface area (Å²) in [6, 6.07) is 7.56. The molecule has 2 N–H and O–H groups in total. The van der Waals surface area contributed by atoms with E-state index in [2.05, 4.69) is 59.9 Å². The molecule has 1 heterocycles. The average molecular weight is 707 g/mol. The van der Waals surface area contributed by atoms with Crippen LogP contribution in [-0.4, -0.2) is 50.9 Å². The van der Waals surface area contributed by atoms with Crippen LogP contribution in [0.2, 0.25) is 0 Å². The third-order valence-electron chi connectivity index (χ3n) is 15.8. The van der Waals surface area contributed by atoms with Crippen molar-refractivity contribution >= 4 is 28.4 Å². The number of nitrogens with zero attached hydrogens (tertiary/aromatic N) is 1. The minimum atomic E-state index is -1.01. The van der Waals surface area contributed by atoms with Gasteiger partial charge < -0.3 is 10.4 Å². The first kappa shape index (κ1) is 37.8. The van der Waals surface area contributed by atoms with Gasteiger partial charge in [0.2, 0.25) is 5.91 Å². The van der Waals surface area contributed by atoms with Gasteiger partial charge in [-0.25, -0.2) is 13.3 Å². The third-order valence-corrected chi connectivity index (χ3v) is 17.3. The number of amides is 1. The number of hydrogen-bond acceptors (Lipinski definition) is 3. The Bertz CT molecular complexity index is 1490. The molecule has 7 rings (SSSR count). The SMILES string of the molecule is CC1(C)C(c2ccc(C(=O)O)cc2)=CCC2(C)C1CCC1(C)C2CCC2C3CCCC3(CNC(=O)CN3CCCCS3=O)CC[C@]21C.CCC. The van der Waals surface area contributed by atoms with Crippen LogP contribution in [0.5, 0.6) is 0 Å². The molecule has 0 aromatic heterocycles. The lowest BCUT2D eigenvalue weighted by atomic mass is 9.32. The van der Waals surface area contributed by atoms with Crippen LogP contribution in [-0.2, 0) is 15.8 Å². The standard InChI is InChI=1S/C40H58N2O4S.C3H8/c1-36(2)29(27-10-12-28(13-11-27)35(44)45)16-19-37(3)32(36)17-20-39(5)33(37)15-14-30-31-9-8-18-40(31,22-21-38(30,39)4)26-41-34(43)25-42-23-6-7-24-47(42)46;1-3-2/h10-13,16,30-33H,6-9,14-15,17-26H2,1-5H3,(H,41,43)(H,44,45);3H2,1-2H3/t30?,31?,32?,33?,37?,38-,39?,40?,47?;/m1./s1. The molecule has 6 nitrogen and oxygen atoms in total. The minimum Gasteiger partial charge on any atom is -0.478 e. The smallest absolute Gasteiger partial charge is 0.335 e. The molecule has 5 aliphatic carbocycles. The first-order chi connectivity index (χ1) is 23.7. The summed E-state index contributed by atoms with van der Waals surface area (Å²) in [5, 5.41) is 12.8. The van der Waals surface area contributed by atoms with Gasteiger partial charge in [0.05, 0.1) is 23.1 Å². The number of rotatable bonds is 6. The molecule has 50 heavy (non-hydrogen) atoms. The van der Waals surface area contributed by atoms with Gasteiger partial charge >= 0.3 is 5.97 Å². The molecule has 278 valence electrons. The maximum Gasteiger partial charge on any atom is 0.335 e. The van der Waals surface area contributed by atoms with E-state index in [1.54, 1.807) is 12.1 Å². The Labute approximate surface area is 305 Å². The van der Waals surface area contributed by atoms with E-state index in [0.717, 1.165) is 32.4 Å². The third kappa shape index (κ3) is 6.16. The number of carbonyl (C=O) groups excluding carboxylic acids is 1. The fraction of sp³-hybridized carbons (Fsp3) is 0.767. The molecule has 1 amide bonds. The van der Waals surface area contributed by atoms with Crippen molar-refractivity contribution in [2.45, 2.75) is 132 Å². The maximum atomic E-state index is 13.1. The first-order valence-corrected chi connectivity index (χ1v) is 21.4. The van der Waals surface area contributed by atoms with Gasteiger partial charge in [0, 0.05) is 18.8 Å². The molecular formula is C43H66N2O4S. The van der Waals surface area contributed by atoms with Crippen LogP contribution in [0, 0.1) is 50.7 Å². The Morgan fingerprint density at radius 2 is 1.58 bits per heavy atom. The zero-order valence-electron chi connectivity index (χ0n) is 32.2. The molecule has 1 aromatic carbocycles. The number of hydrogen-bond donors (Lipinski definition) is 2. The number of nitrogens with one attached hydrogen (secondary N) is 1. The van der Waals surface area contributed by atoms with Gasteiger partial charge in [-0.05, 0) is 145 Å². The Morgan fingerprint density at radius 3 is 2.26 bits per heavy atom. The zero-order valence-corrected chi connectivity index (χ0v) is 33.1. The minimum absolute atomic E-state index is 0.0169. The van der Waals surface area contributed by atoms with E-state index in [1.807, 2.05) is 16.4 Å². The number of benzene rings is 1. The van der Waals surface area contributed by atoms with Gasteiger partial charge in [0.25, 0.3) is 0 Å². The Kier molecular flexibility index (Phi) is 10.6. The second-order valence-electron chi connectivity index (χ2n) is 18.5. The first-order valence-electron chi connectivity index (χ1n) is 20.1. The van der Waals surface area contributed by atoms with Crippen LogP contribution in [0.3, 0.4) is 0 Å². The van der Waals surface area contributed by atoms with Gasteiger partial charge in [-0.2, -0.15) is 0 Å². The summed E-state index contributed by atoms with van der Waals surface area (Å²) in [5.74, 6) is 2.54. The summed E-state index contributed by atoms with van der Waals surface area (Å²) in [4.78, 5) is 24.6. The number of allylic oxidation sites excluding steroid dienone is 2. The summed E-state index contributed by atoms with van der Waals surface area (Å²) in [6.45, 7) is 19.0. The highest BCUT2D eigenvalue weighted by atomic mass is 32.2. The van der Waals surface area contributed by atoms with E-state index in [-0.39, 0.29) is 28.7 Å². The molecule has 7 heteroatoms. The van der Waals surface area contributed by atoms with E-state index >= 15 is 0 Å². The lowest BCUT2D eigenvalue weighted by molar-refractivity contribution is -0.222. The van der Waals surface area contributed by atoms with Gasteiger partial charge in [-0.3, -0.25) is 4.79 Å². The van der Waals surface area contributed by atoms with E-state index in [9.17, 15) is 18.9 Å². The summed E-state index contributed by atoms with van der Waals surface area (Å²) in [5.41, 5.74) is 3.98. The van der Waals surface area contributed by atoms with Crippen molar-refractivity contribution in [3.05, 3.63) is 41.5 Å². The predicted octanol–water partition coefficient (Wildman–Crippen LogP) is 9.53. The van der Waals surface area contributed by atoms with Crippen molar-refractivity contribution < 1.29 is 18.9 Å². The topological polar surface area (TPSA) is 86.7 Å². The second kappa shape index (κ2) is 14.1. The van der Waals surface area contributed by atoms with Gasteiger partial charge in [-0.1, -0.05) is 79.5 Å². The van der Waals surface area contributed by atoms with Crippen LogP contribution in [0.25, 0.3) is 5.57 Å². The molecule has 1 aliphatic heterocycles. The fourth-order valence-corrected chi connectivity index (χ4v) is 14.6. The fourth-order valence-electron chi connectivity index (χ4n) is 13.3. The summed E-state index contributed by atoms with van der Waals surface area (Å²) >= 11 is 0. The van der Waals surface area contributed by atoms with Crippen LogP contribution < -0.4 is 5.32 Å².